The van der Waals surface area contributed by atoms with Gasteiger partial charge in [0.1, 0.15) is 18.3 Å². The van der Waals surface area contributed by atoms with Crippen LogP contribution in [0.15, 0.2) is 29.8 Å². The van der Waals surface area contributed by atoms with Gasteiger partial charge in [-0.1, -0.05) is 6.07 Å². The maximum Gasteiger partial charge on any atom is 0.397 e. The minimum Gasteiger partial charge on any atom is -0.352 e. The molecule has 0 N–H and O–H groups in total. The van der Waals surface area contributed by atoms with Crippen LogP contribution in [-0.4, -0.2) is 52.6 Å². The summed E-state index contributed by atoms with van der Waals surface area (Å²) in [6.07, 6.45) is -2.06. The van der Waals surface area contributed by atoms with E-state index in [0.717, 1.165) is 52.7 Å². The number of hydrogen-bond acceptors (Lipinski definition) is 6. The number of rotatable bonds is 5. The third-order valence-electron chi connectivity index (χ3n) is 7.31. The number of nitriles is 1. The quantitative estimate of drug-likeness (QED) is 0.453. The highest BCUT2D eigenvalue weighted by molar-refractivity contribution is 7.16. The predicted molar refractivity (Wildman–Crippen MR) is 131 cm³/mol. The van der Waals surface area contributed by atoms with Crippen molar-refractivity contribution >= 4 is 33.3 Å². The Hall–Kier alpha value is -3.19. The van der Waals surface area contributed by atoms with Gasteiger partial charge in [-0.2, -0.15) is 18.4 Å². The first kappa shape index (κ1) is 23.2. The maximum atomic E-state index is 12.9. The molecular formula is C26H24F3N5OS. The summed E-state index contributed by atoms with van der Waals surface area (Å²) in [5.74, 6) is 0.247. The van der Waals surface area contributed by atoms with Gasteiger partial charge in [-0.15, -0.1) is 11.3 Å². The summed E-state index contributed by atoms with van der Waals surface area (Å²) in [4.78, 5) is 25.3. The number of nitrogens with zero attached hydrogens (tertiary/aromatic N) is 5. The summed E-state index contributed by atoms with van der Waals surface area (Å²) in [5, 5.41) is 10.0. The minimum absolute atomic E-state index is 0.198. The SMILES string of the molecule is N#Cc1cc(-c2ccc3ncsc3c2)c(C2CC2)nc1N1CCN(C(=O)CC(F)(F)F)[C@H](C2CC2)C1. The number of fused-ring (bicyclic) bond motifs is 1. The second-order valence-corrected chi connectivity index (χ2v) is 10.8. The number of aromatic nitrogens is 2. The standard InChI is InChI=1S/C26H24F3N5OS/c27-26(28,29)11-23(35)34-8-7-33(13-21(34)15-1-2-15)25-18(12-30)9-19(24(32-25)16-3-4-16)17-5-6-20-22(10-17)36-14-31-20/h5-6,9-10,14-16,21H,1-4,7-8,11,13H2/t21-/m0/s1. The second-order valence-electron chi connectivity index (χ2n) is 9.94. The van der Waals surface area contributed by atoms with E-state index in [1.165, 1.54) is 4.90 Å². The number of carbonyl (C=O) groups excluding carboxylic acids is 1. The normalized spacial score (nSPS) is 20.6. The largest absolute Gasteiger partial charge is 0.397 e. The van der Waals surface area contributed by atoms with E-state index in [1.54, 1.807) is 11.3 Å². The lowest BCUT2D eigenvalue weighted by atomic mass is 9.98. The van der Waals surface area contributed by atoms with E-state index in [4.69, 9.17) is 4.98 Å². The van der Waals surface area contributed by atoms with Gasteiger partial charge in [0.25, 0.3) is 0 Å². The lowest BCUT2D eigenvalue weighted by Crippen LogP contribution is -2.57. The zero-order chi connectivity index (χ0) is 25.0. The van der Waals surface area contributed by atoms with Crippen molar-refractivity contribution in [1.29, 1.82) is 5.26 Å². The van der Waals surface area contributed by atoms with Gasteiger partial charge in [0.05, 0.1) is 33.0 Å². The molecule has 0 bridgehead atoms. The average Bonchev–Trinajstić information content (AvgIpc) is 3.79. The van der Waals surface area contributed by atoms with Crippen LogP contribution in [0, 0.1) is 17.2 Å². The summed E-state index contributed by atoms with van der Waals surface area (Å²) < 4.78 is 39.8. The highest BCUT2D eigenvalue weighted by atomic mass is 32.1. The molecule has 1 atom stereocenters. The van der Waals surface area contributed by atoms with E-state index in [1.807, 2.05) is 28.6 Å². The number of alkyl halides is 3. The maximum absolute atomic E-state index is 12.9. The summed E-state index contributed by atoms with van der Waals surface area (Å²) >= 11 is 1.57. The number of anilines is 1. The third-order valence-corrected chi connectivity index (χ3v) is 8.11. The first-order chi connectivity index (χ1) is 17.3. The highest BCUT2D eigenvalue weighted by Gasteiger charge is 2.44. The van der Waals surface area contributed by atoms with Crippen molar-refractivity contribution < 1.29 is 18.0 Å². The fourth-order valence-electron chi connectivity index (χ4n) is 5.23. The van der Waals surface area contributed by atoms with Crippen LogP contribution in [0.3, 0.4) is 0 Å². The van der Waals surface area contributed by atoms with Crippen LogP contribution in [0.5, 0.6) is 0 Å². The number of halogens is 3. The first-order valence-electron chi connectivity index (χ1n) is 12.2. The van der Waals surface area contributed by atoms with Crippen LogP contribution < -0.4 is 4.90 Å². The lowest BCUT2D eigenvalue weighted by Gasteiger charge is -2.42. The fraction of sp³-hybridized carbons (Fsp3) is 0.462. The highest BCUT2D eigenvalue weighted by Crippen LogP contribution is 2.46. The van der Waals surface area contributed by atoms with Gasteiger partial charge in [-0.3, -0.25) is 4.79 Å². The van der Waals surface area contributed by atoms with E-state index in [2.05, 4.69) is 17.1 Å². The van der Waals surface area contributed by atoms with Crippen LogP contribution in [-0.2, 0) is 4.79 Å². The number of pyridine rings is 1. The molecule has 3 fully saturated rings. The van der Waals surface area contributed by atoms with Crippen LogP contribution in [0.2, 0.25) is 0 Å². The van der Waals surface area contributed by atoms with E-state index in [0.29, 0.717) is 30.4 Å². The predicted octanol–water partition coefficient (Wildman–Crippen LogP) is 5.49. The Morgan fingerprint density at radius 2 is 1.97 bits per heavy atom. The van der Waals surface area contributed by atoms with Crippen LogP contribution in [0.1, 0.15) is 49.3 Å². The van der Waals surface area contributed by atoms with Gasteiger partial charge in [0.15, 0.2) is 0 Å². The van der Waals surface area contributed by atoms with Crippen molar-refractivity contribution in [2.45, 2.75) is 50.2 Å². The second kappa shape index (κ2) is 8.73. The van der Waals surface area contributed by atoms with E-state index in [9.17, 15) is 23.2 Å². The van der Waals surface area contributed by atoms with Gasteiger partial charge in [-0.25, -0.2) is 9.97 Å². The third kappa shape index (κ3) is 4.52. The number of thiazole rings is 1. The molecule has 3 aliphatic rings. The van der Waals surface area contributed by atoms with E-state index < -0.39 is 18.5 Å². The molecule has 6 rings (SSSR count). The molecule has 0 radical (unpaired) electrons. The summed E-state index contributed by atoms with van der Waals surface area (Å²) in [7, 11) is 0. The molecular weight excluding hydrogens is 487 g/mol. The van der Waals surface area contributed by atoms with Crippen molar-refractivity contribution in [1.82, 2.24) is 14.9 Å². The van der Waals surface area contributed by atoms with Crippen molar-refractivity contribution in [3.8, 4) is 17.2 Å². The number of piperazine rings is 1. The zero-order valence-corrected chi connectivity index (χ0v) is 20.3. The smallest absolute Gasteiger partial charge is 0.352 e. The van der Waals surface area contributed by atoms with Gasteiger partial charge in [-0.05, 0) is 55.4 Å². The van der Waals surface area contributed by atoms with Crippen molar-refractivity contribution in [3.05, 3.63) is 41.0 Å². The molecule has 36 heavy (non-hydrogen) atoms. The first-order valence-corrected chi connectivity index (χ1v) is 13.1. The molecule has 3 heterocycles. The molecule has 10 heteroatoms. The van der Waals surface area contributed by atoms with E-state index in [-0.39, 0.29) is 18.5 Å². The molecule has 0 unspecified atom stereocenters. The number of amides is 1. The molecule has 1 aromatic carbocycles. The lowest BCUT2D eigenvalue weighted by molar-refractivity contribution is -0.163. The van der Waals surface area contributed by atoms with Gasteiger partial charge in [0, 0.05) is 31.1 Å². The van der Waals surface area contributed by atoms with Crippen molar-refractivity contribution in [2.24, 2.45) is 5.92 Å². The summed E-state index contributed by atoms with van der Waals surface area (Å²) in [6.45, 7) is 0.947. The summed E-state index contributed by atoms with van der Waals surface area (Å²) in [5.41, 5.74) is 6.11. The molecule has 2 aliphatic carbocycles. The van der Waals surface area contributed by atoms with Crippen molar-refractivity contribution in [2.75, 3.05) is 24.5 Å². The fourth-order valence-corrected chi connectivity index (χ4v) is 5.95. The Labute approximate surface area is 210 Å². The molecule has 2 aromatic heterocycles. The monoisotopic (exact) mass is 511 g/mol. The van der Waals surface area contributed by atoms with Crippen LogP contribution in [0.4, 0.5) is 19.0 Å². The zero-order valence-electron chi connectivity index (χ0n) is 19.5. The Bertz CT molecular complexity index is 1370. The van der Waals surface area contributed by atoms with Gasteiger partial charge < -0.3 is 9.80 Å². The molecule has 3 aromatic rings. The number of carbonyl (C=O) groups is 1. The molecule has 6 nitrogen and oxygen atoms in total. The van der Waals surface area contributed by atoms with Gasteiger partial charge in [0.2, 0.25) is 5.91 Å². The van der Waals surface area contributed by atoms with Crippen LogP contribution in [0.25, 0.3) is 21.3 Å². The molecule has 186 valence electrons. The number of hydrogen-bond donors (Lipinski definition) is 0. The number of benzene rings is 1. The minimum atomic E-state index is -4.52. The Kier molecular flexibility index (Phi) is 5.63. The Morgan fingerprint density at radius 3 is 2.67 bits per heavy atom. The van der Waals surface area contributed by atoms with E-state index >= 15 is 0 Å². The van der Waals surface area contributed by atoms with Crippen molar-refractivity contribution in [3.63, 3.8) is 0 Å². The molecule has 0 spiro atoms. The molecule has 2 saturated carbocycles. The topological polar surface area (TPSA) is 73.1 Å². The molecule has 1 amide bonds. The Balaban J connectivity index is 1.33. The Morgan fingerprint density at radius 1 is 1.17 bits per heavy atom. The summed E-state index contributed by atoms with van der Waals surface area (Å²) in [6, 6.07) is 10.0. The average molecular weight is 512 g/mol. The van der Waals surface area contributed by atoms with Crippen LogP contribution >= 0.6 is 11.3 Å². The van der Waals surface area contributed by atoms with Gasteiger partial charge >= 0.3 is 6.18 Å². The molecule has 1 saturated heterocycles. The molecule has 1 aliphatic heterocycles.